The molecule has 0 radical (unpaired) electrons. The monoisotopic (exact) mass is 363 g/mol. The highest BCUT2D eigenvalue weighted by Crippen LogP contribution is 2.30. The van der Waals surface area contributed by atoms with Crippen LogP contribution in [0.25, 0.3) is 0 Å². The lowest BCUT2D eigenvalue weighted by molar-refractivity contribution is -0.140. The zero-order chi connectivity index (χ0) is 18.0. The molecule has 2 fully saturated rings. The lowest BCUT2D eigenvalue weighted by Crippen LogP contribution is -2.42. The number of carboxylic acid groups (broad SMARTS) is 1. The third-order valence-electron chi connectivity index (χ3n) is 5.00. The molecule has 2 aliphatic rings. The van der Waals surface area contributed by atoms with Crippen LogP contribution in [-0.2, 0) is 14.8 Å². The Hall–Kier alpha value is -1.95. The van der Waals surface area contributed by atoms with Gasteiger partial charge < -0.3 is 5.11 Å². The van der Waals surface area contributed by atoms with E-state index < -0.39 is 22.0 Å². The maximum atomic E-state index is 13.0. The van der Waals surface area contributed by atoms with Crippen molar-refractivity contribution in [2.45, 2.75) is 42.7 Å². The summed E-state index contributed by atoms with van der Waals surface area (Å²) in [6, 6.07) is 6.50. The van der Waals surface area contributed by atoms with Crippen LogP contribution in [0.2, 0.25) is 0 Å². The summed E-state index contributed by atoms with van der Waals surface area (Å²) in [5.74, 6) is -1.13. The summed E-state index contributed by atoms with van der Waals surface area (Å²) in [5, 5.41) is 18.5. The molecule has 0 saturated carbocycles. The number of nitrogens with zero attached hydrogens (tertiary/aromatic N) is 3. The van der Waals surface area contributed by atoms with E-state index in [2.05, 4.69) is 4.90 Å². The van der Waals surface area contributed by atoms with Crippen LogP contribution in [-0.4, -0.2) is 60.4 Å². The molecule has 2 atom stereocenters. The van der Waals surface area contributed by atoms with Crippen molar-refractivity contribution >= 4 is 16.0 Å². The summed E-state index contributed by atoms with van der Waals surface area (Å²) in [4.78, 5) is 13.8. The van der Waals surface area contributed by atoms with Gasteiger partial charge in [0.2, 0.25) is 10.0 Å². The Balaban J connectivity index is 1.89. The van der Waals surface area contributed by atoms with Crippen LogP contribution in [0, 0.1) is 11.3 Å². The maximum absolute atomic E-state index is 13.0. The summed E-state index contributed by atoms with van der Waals surface area (Å²) in [6.45, 7) is 1.94. The second-order valence-corrected chi connectivity index (χ2v) is 8.45. The van der Waals surface area contributed by atoms with Crippen LogP contribution >= 0.6 is 0 Å². The number of benzene rings is 1. The predicted molar refractivity (Wildman–Crippen MR) is 90.3 cm³/mol. The van der Waals surface area contributed by atoms with E-state index in [1.807, 2.05) is 6.07 Å². The average Bonchev–Trinajstić information content (AvgIpc) is 3.09. The van der Waals surface area contributed by atoms with Crippen molar-refractivity contribution in [3.63, 3.8) is 0 Å². The zero-order valence-corrected chi connectivity index (χ0v) is 14.7. The van der Waals surface area contributed by atoms with Gasteiger partial charge in [-0.05, 0) is 50.6 Å². The van der Waals surface area contributed by atoms with Crippen LogP contribution < -0.4 is 0 Å². The van der Waals surface area contributed by atoms with Gasteiger partial charge in [0.1, 0.15) is 6.04 Å². The Morgan fingerprint density at radius 3 is 2.60 bits per heavy atom. The lowest BCUT2D eigenvalue weighted by atomic mass is 10.1. The summed E-state index contributed by atoms with van der Waals surface area (Å²) < 4.78 is 27.0. The van der Waals surface area contributed by atoms with E-state index in [0.717, 1.165) is 36.7 Å². The van der Waals surface area contributed by atoms with Crippen molar-refractivity contribution in [1.29, 1.82) is 5.26 Å². The number of likely N-dealkylation sites (tertiary alicyclic amines) is 1. The van der Waals surface area contributed by atoms with Crippen molar-refractivity contribution in [1.82, 2.24) is 9.21 Å². The van der Waals surface area contributed by atoms with Crippen LogP contribution in [0.3, 0.4) is 0 Å². The molecule has 8 heteroatoms. The van der Waals surface area contributed by atoms with Crippen molar-refractivity contribution in [3.05, 3.63) is 29.8 Å². The highest BCUT2D eigenvalue weighted by molar-refractivity contribution is 7.89. The van der Waals surface area contributed by atoms with E-state index in [1.54, 1.807) is 0 Å². The van der Waals surface area contributed by atoms with Crippen molar-refractivity contribution in [3.8, 4) is 6.07 Å². The van der Waals surface area contributed by atoms with Gasteiger partial charge >= 0.3 is 5.97 Å². The first kappa shape index (κ1) is 17.9. The SMILES string of the molecule is N#Cc1cccc(S(=O)(=O)N2C[C@H](N3CCCCC3)C[C@H]2C(=O)O)c1. The number of rotatable bonds is 4. The smallest absolute Gasteiger partial charge is 0.322 e. The summed E-state index contributed by atoms with van der Waals surface area (Å²) >= 11 is 0. The highest BCUT2D eigenvalue weighted by atomic mass is 32.2. The van der Waals surface area contributed by atoms with Crippen molar-refractivity contribution < 1.29 is 18.3 Å². The molecule has 7 nitrogen and oxygen atoms in total. The molecule has 1 aromatic carbocycles. The molecule has 3 rings (SSSR count). The summed E-state index contributed by atoms with van der Waals surface area (Å²) in [5.41, 5.74) is 0.236. The fourth-order valence-corrected chi connectivity index (χ4v) is 5.36. The molecule has 0 aromatic heterocycles. The topological polar surface area (TPSA) is 102 Å². The summed E-state index contributed by atoms with van der Waals surface area (Å²) in [7, 11) is -3.96. The zero-order valence-electron chi connectivity index (χ0n) is 13.8. The minimum Gasteiger partial charge on any atom is -0.480 e. The van der Waals surface area contributed by atoms with Crippen LogP contribution in [0.5, 0.6) is 0 Å². The first-order valence-electron chi connectivity index (χ1n) is 8.42. The largest absolute Gasteiger partial charge is 0.480 e. The fraction of sp³-hybridized carbons (Fsp3) is 0.529. The quantitative estimate of drug-likeness (QED) is 0.864. The molecule has 0 spiro atoms. The van der Waals surface area contributed by atoms with Crippen molar-refractivity contribution in [2.75, 3.05) is 19.6 Å². The van der Waals surface area contributed by atoms with Crippen molar-refractivity contribution in [2.24, 2.45) is 0 Å². The molecular weight excluding hydrogens is 342 g/mol. The molecule has 0 bridgehead atoms. The molecular formula is C17H21N3O4S. The summed E-state index contributed by atoms with van der Waals surface area (Å²) in [6.07, 6.45) is 3.58. The molecule has 2 heterocycles. The molecule has 2 aliphatic heterocycles. The Bertz CT molecular complexity index is 796. The van der Waals surface area contributed by atoms with Gasteiger partial charge in [-0.1, -0.05) is 12.5 Å². The fourth-order valence-electron chi connectivity index (χ4n) is 3.68. The van der Waals surface area contributed by atoms with E-state index in [1.165, 1.54) is 24.3 Å². The average molecular weight is 363 g/mol. The third kappa shape index (κ3) is 3.54. The molecule has 0 amide bonds. The number of piperidine rings is 1. The molecule has 1 aromatic rings. The van der Waals surface area contributed by atoms with E-state index in [0.29, 0.717) is 6.42 Å². The van der Waals surface area contributed by atoms with Crippen LogP contribution in [0.1, 0.15) is 31.2 Å². The van der Waals surface area contributed by atoms with Gasteiger partial charge in [-0.2, -0.15) is 9.57 Å². The standard InChI is InChI=1S/C17H21N3O4S/c18-11-13-5-4-6-15(9-13)25(23,24)20-12-14(10-16(20)17(21)22)19-7-2-1-3-8-19/h4-6,9,14,16H,1-3,7-8,10,12H2,(H,21,22)/t14-,16+/m1/s1. The molecule has 0 unspecified atom stereocenters. The van der Waals surface area contributed by atoms with Gasteiger partial charge in [-0.3, -0.25) is 9.69 Å². The minimum atomic E-state index is -3.96. The number of sulfonamides is 1. The number of hydrogen-bond donors (Lipinski definition) is 1. The normalized spacial score (nSPS) is 25.6. The minimum absolute atomic E-state index is 0.0305. The second-order valence-electron chi connectivity index (χ2n) is 6.55. The number of nitriles is 1. The first-order chi connectivity index (χ1) is 11.9. The van der Waals surface area contributed by atoms with E-state index in [-0.39, 0.29) is 23.0 Å². The van der Waals surface area contributed by atoms with Gasteiger partial charge in [-0.25, -0.2) is 8.42 Å². The Morgan fingerprint density at radius 1 is 1.24 bits per heavy atom. The highest BCUT2D eigenvalue weighted by Gasteiger charge is 2.45. The van der Waals surface area contributed by atoms with Gasteiger partial charge in [0.15, 0.2) is 0 Å². The molecule has 0 aliphatic carbocycles. The maximum Gasteiger partial charge on any atom is 0.322 e. The number of hydrogen-bond acceptors (Lipinski definition) is 5. The van der Waals surface area contributed by atoms with E-state index >= 15 is 0 Å². The second kappa shape index (κ2) is 7.12. The van der Waals surface area contributed by atoms with E-state index in [9.17, 15) is 18.3 Å². The molecule has 134 valence electrons. The van der Waals surface area contributed by atoms with Crippen LogP contribution in [0.15, 0.2) is 29.2 Å². The van der Waals surface area contributed by atoms with E-state index in [4.69, 9.17) is 5.26 Å². The number of carboxylic acids is 1. The van der Waals surface area contributed by atoms with Gasteiger partial charge in [0, 0.05) is 12.6 Å². The number of carbonyl (C=O) groups is 1. The Morgan fingerprint density at radius 2 is 1.96 bits per heavy atom. The van der Waals surface area contributed by atoms with Gasteiger partial charge in [0.05, 0.1) is 16.5 Å². The first-order valence-corrected chi connectivity index (χ1v) is 9.86. The lowest BCUT2D eigenvalue weighted by Gasteiger charge is -2.32. The third-order valence-corrected chi connectivity index (χ3v) is 6.87. The molecule has 25 heavy (non-hydrogen) atoms. The molecule has 2 saturated heterocycles. The van der Waals surface area contributed by atoms with Gasteiger partial charge in [-0.15, -0.1) is 0 Å². The van der Waals surface area contributed by atoms with Crippen LogP contribution in [0.4, 0.5) is 0 Å². The Kier molecular flexibility index (Phi) is 5.08. The van der Waals surface area contributed by atoms with Gasteiger partial charge in [0.25, 0.3) is 0 Å². The Labute approximate surface area is 147 Å². The molecule has 1 N–H and O–H groups in total. The predicted octanol–water partition coefficient (Wildman–Crippen LogP) is 1.26. The number of aliphatic carboxylic acids is 1.